The predicted octanol–water partition coefficient (Wildman–Crippen LogP) is 12.0. The van der Waals surface area contributed by atoms with Crippen molar-refractivity contribution < 1.29 is 0 Å². The number of benzene rings is 5. The van der Waals surface area contributed by atoms with E-state index in [1.54, 1.807) is 0 Å². The van der Waals surface area contributed by atoms with Crippen LogP contribution in [0.2, 0.25) is 0 Å². The van der Waals surface area contributed by atoms with Gasteiger partial charge in [-0.15, -0.1) is 0 Å². The summed E-state index contributed by atoms with van der Waals surface area (Å²) in [6, 6.07) is 36.5. The van der Waals surface area contributed by atoms with Crippen LogP contribution in [-0.2, 0) is 0 Å². The topological polar surface area (TPSA) is 20.7 Å². The zero-order valence-electron chi connectivity index (χ0n) is 26.3. The number of nitrogens with zero attached hydrogens (tertiary/aromatic N) is 1. The highest BCUT2D eigenvalue weighted by Gasteiger charge is 2.20. The smallest absolute Gasteiger partial charge is 0.0547 e. The molecule has 2 heteroatoms. The summed E-state index contributed by atoms with van der Waals surface area (Å²) in [6.45, 7) is 4.62. The van der Waals surface area contributed by atoms with E-state index in [-0.39, 0.29) is 0 Å². The van der Waals surface area contributed by atoms with Crippen molar-refractivity contribution in [3.63, 3.8) is 0 Å². The first-order valence-corrected chi connectivity index (χ1v) is 16.6. The van der Waals surface area contributed by atoms with E-state index in [9.17, 15) is 0 Å². The Morgan fingerprint density at radius 1 is 0.696 bits per heavy atom. The highest BCUT2D eigenvalue weighted by Crippen LogP contribution is 2.41. The van der Waals surface area contributed by atoms with Crippen LogP contribution in [0, 0.1) is 11.8 Å². The zero-order chi connectivity index (χ0) is 30.8. The average Bonchev–Trinajstić information content (AvgIpc) is 3.70. The fraction of sp³-hybridized carbons (Fsp3) is 0.136. The Morgan fingerprint density at radius 3 is 2.33 bits per heavy atom. The van der Waals surface area contributed by atoms with Gasteiger partial charge in [-0.25, -0.2) is 0 Å². The molecule has 2 aromatic heterocycles. The molecule has 2 aliphatic rings. The summed E-state index contributed by atoms with van der Waals surface area (Å²) < 4.78 is 2.51. The summed E-state index contributed by atoms with van der Waals surface area (Å²) >= 11 is 0. The van der Waals surface area contributed by atoms with E-state index in [1.165, 1.54) is 82.6 Å². The van der Waals surface area contributed by atoms with Crippen molar-refractivity contribution in [2.24, 2.45) is 11.8 Å². The van der Waals surface area contributed by atoms with Crippen LogP contribution in [0.5, 0.6) is 0 Å². The fourth-order valence-electron chi connectivity index (χ4n) is 7.68. The highest BCUT2D eigenvalue weighted by molar-refractivity contribution is 6.12. The fourth-order valence-corrected chi connectivity index (χ4v) is 7.68. The van der Waals surface area contributed by atoms with Crippen molar-refractivity contribution >= 4 is 54.6 Å². The van der Waals surface area contributed by atoms with E-state index in [0.29, 0.717) is 11.8 Å². The lowest BCUT2D eigenvalue weighted by Gasteiger charge is -2.18. The zero-order valence-corrected chi connectivity index (χ0v) is 26.3. The van der Waals surface area contributed by atoms with Crippen molar-refractivity contribution in [1.82, 2.24) is 9.55 Å². The lowest BCUT2D eigenvalue weighted by atomic mass is 9.88. The van der Waals surface area contributed by atoms with Gasteiger partial charge in [-0.2, -0.15) is 0 Å². The SMILES string of the molecule is CC1C=CC(c2ccc3c4ccc(C5=CC=CCC5C)cc4n(-c4cc(-c5cccc6ccccc56)c5[nH]ccc5c4)c3c2)=CC1. The third kappa shape index (κ3) is 4.32. The minimum atomic E-state index is 0.494. The van der Waals surface area contributed by atoms with Crippen molar-refractivity contribution in [3.8, 4) is 16.8 Å². The van der Waals surface area contributed by atoms with Gasteiger partial charge in [0.05, 0.1) is 16.6 Å². The Bertz CT molecular complexity index is 2450. The molecule has 9 rings (SSSR count). The number of aromatic nitrogens is 2. The maximum absolute atomic E-state index is 3.57. The maximum atomic E-state index is 3.57. The molecular weight excluding hydrogens is 556 g/mol. The van der Waals surface area contributed by atoms with Crippen LogP contribution < -0.4 is 0 Å². The highest BCUT2D eigenvalue weighted by atomic mass is 15.0. The minimum Gasteiger partial charge on any atom is -0.361 e. The first-order valence-electron chi connectivity index (χ1n) is 16.6. The number of H-pyrrole nitrogens is 1. The van der Waals surface area contributed by atoms with Gasteiger partial charge in [0, 0.05) is 33.6 Å². The van der Waals surface area contributed by atoms with Gasteiger partial charge in [0.15, 0.2) is 0 Å². The molecule has 0 radical (unpaired) electrons. The Kier molecular flexibility index (Phi) is 6.24. The molecule has 0 aliphatic heterocycles. The number of allylic oxidation sites excluding steroid dienone is 8. The molecular formula is C44H36N2. The van der Waals surface area contributed by atoms with E-state index in [0.717, 1.165) is 12.8 Å². The molecule has 2 unspecified atom stereocenters. The summed E-state index contributed by atoms with van der Waals surface area (Å²) in [5.74, 6) is 1.08. The van der Waals surface area contributed by atoms with Crippen LogP contribution in [0.4, 0.5) is 0 Å². The second-order valence-electron chi connectivity index (χ2n) is 13.2. The maximum Gasteiger partial charge on any atom is 0.0547 e. The van der Waals surface area contributed by atoms with Crippen LogP contribution in [0.15, 0.2) is 140 Å². The van der Waals surface area contributed by atoms with Crippen LogP contribution in [0.3, 0.4) is 0 Å². The number of nitrogens with one attached hydrogen (secondary N) is 1. The van der Waals surface area contributed by atoms with E-state index in [1.807, 2.05) is 0 Å². The van der Waals surface area contributed by atoms with Crippen LogP contribution >= 0.6 is 0 Å². The molecule has 0 saturated carbocycles. The average molecular weight is 593 g/mol. The third-order valence-corrected chi connectivity index (χ3v) is 10.2. The molecule has 7 aromatic rings. The normalized spacial score (nSPS) is 18.1. The lowest BCUT2D eigenvalue weighted by molar-refractivity contribution is 0.739. The first kappa shape index (κ1) is 27.0. The molecule has 0 fully saturated rings. The third-order valence-electron chi connectivity index (χ3n) is 10.2. The molecule has 5 aromatic carbocycles. The molecule has 222 valence electrons. The number of fused-ring (bicyclic) bond motifs is 5. The molecule has 2 nitrogen and oxygen atoms in total. The van der Waals surface area contributed by atoms with E-state index >= 15 is 0 Å². The van der Waals surface area contributed by atoms with Gasteiger partial charge in [0.25, 0.3) is 0 Å². The number of aromatic amines is 1. The standard InChI is InChI=1S/C44H36N2/c1-28-14-16-30(17-15-28)32-18-20-39-40-21-19-33(36-11-5-3-8-29(36)2)26-43(40)46(42(39)25-32)35-24-34-22-23-45-44(34)41(27-35)38-13-7-10-31-9-4-6-12-37(31)38/h3-7,9-14,16-29,45H,8,15H2,1-2H3. The number of hydrogen-bond acceptors (Lipinski definition) is 0. The lowest BCUT2D eigenvalue weighted by Crippen LogP contribution is -2.01. The quantitative estimate of drug-likeness (QED) is 0.210. The van der Waals surface area contributed by atoms with Gasteiger partial charge < -0.3 is 9.55 Å². The van der Waals surface area contributed by atoms with Crippen molar-refractivity contribution in [1.29, 1.82) is 0 Å². The molecule has 2 aliphatic carbocycles. The summed E-state index contributed by atoms with van der Waals surface area (Å²) in [5, 5.41) is 6.30. The Morgan fingerprint density at radius 2 is 1.50 bits per heavy atom. The van der Waals surface area contributed by atoms with E-state index in [2.05, 4.69) is 163 Å². The van der Waals surface area contributed by atoms with Gasteiger partial charge in [-0.1, -0.05) is 117 Å². The molecule has 46 heavy (non-hydrogen) atoms. The largest absolute Gasteiger partial charge is 0.361 e. The molecule has 2 atom stereocenters. The van der Waals surface area contributed by atoms with Crippen LogP contribution in [0.25, 0.3) is 71.4 Å². The summed E-state index contributed by atoms with van der Waals surface area (Å²) in [7, 11) is 0. The second-order valence-corrected chi connectivity index (χ2v) is 13.2. The van der Waals surface area contributed by atoms with Gasteiger partial charge in [0.2, 0.25) is 0 Å². The van der Waals surface area contributed by atoms with Crippen molar-refractivity contribution in [2.75, 3.05) is 0 Å². The number of hydrogen-bond donors (Lipinski definition) is 1. The van der Waals surface area contributed by atoms with Crippen molar-refractivity contribution in [3.05, 3.63) is 151 Å². The molecule has 2 heterocycles. The Hall–Kier alpha value is -5.34. The summed E-state index contributed by atoms with van der Waals surface area (Å²) in [6.07, 6.45) is 18.1. The molecule has 0 bridgehead atoms. The monoisotopic (exact) mass is 592 g/mol. The molecule has 0 amide bonds. The van der Waals surface area contributed by atoms with Gasteiger partial charge in [-0.3, -0.25) is 0 Å². The Balaban J connectivity index is 1.35. The van der Waals surface area contributed by atoms with Gasteiger partial charge in [0.1, 0.15) is 0 Å². The van der Waals surface area contributed by atoms with Crippen LogP contribution in [0.1, 0.15) is 37.8 Å². The van der Waals surface area contributed by atoms with E-state index < -0.39 is 0 Å². The van der Waals surface area contributed by atoms with Crippen LogP contribution in [-0.4, -0.2) is 9.55 Å². The molecule has 0 saturated heterocycles. The number of rotatable bonds is 4. The molecule has 1 N–H and O–H groups in total. The van der Waals surface area contributed by atoms with Gasteiger partial charge in [-0.05, 0) is 93.6 Å². The Labute approximate surface area is 269 Å². The van der Waals surface area contributed by atoms with Crippen molar-refractivity contribution in [2.45, 2.75) is 26.7 Å². The predicted molar refractivity (Wildman–Crippen MR) is 197 cm³/mol. The second kappa shape index (κ2) is 10.6. The first-order chi connectivity index (χ1) is 22.6. The molecule has 0 spiro atoms. The minimum absolute atomic E-state index is 0.494. The van der Waals surface area contributed by atoms with E-state index in [4.69, 9.17) is 0 Å². The summed E-state index contributed by atoms with van der Waals surface area (Å²) in [4.78, 5) is 3.57. The van der Waals surface area contributed by atoms with Gasteiger partial charge >= 0.3 is 0 Å². The summed E-state index contributed by atoms with van der Waals surface area (Å²) in [5.41, 5.74) is 12.6.